The topological polar surface area (TPSA) is 87.3 Å². The van der Waals surface area contributed by atoms with Gasteiger partial charge in [0.05, 0.1) is 22.8 Å². The van der Waals surface area contributed by atoms with Crippen LogP contribution in [0.25, 0.3) is 11.5 Å². The Balaban J connectivity index is 1.34. The van der Waals surface area contributed by atoms with Crippen molar-refractivity contribution in [2.75, 3.05) is 18.4 Å². The number of nitrogens with one attached hydrogen (secondary N) is 1. The third kappa shape index (κ3) is 3.92. The molecule has 2 aromatic heterocycles. The molecule has 2 atom stereocenters. The minimum absolute atomic E-state index is 0.0929. The summed E-state index contributed by atoms with van der Waals surface area (Å²) in [6, 6.07) is 9.54. The van der Waals surface area contributed by atoms with Gasteiger partial charge in [-0.25, -0.2) is 4.98 Å². The number of anilines is 1. The molecule has 1 aliphatic heterocycles. The summed E-state index contributed by atoms with van der Waals surface area (Å²) < 4.78 is 5.31. The number of aliphatic hydroxyl groups is 1. The number of hydrogen-bond acceptors (Lipinski definition) is 8. The maximum Gasteiger partial charge on any atom is 0.264 e. The van der Waals surface area contributed by atoms with E-state index >= 15 is 0 Å². The van der Waals surface area contributed by atoms with Crippen molar-refractivity contribution in [1.82, 2.24) is 20.0 Å². The zero-order valence-electron chi connectivity index (χ0n) is 14.5. The van der Waals surface area contributed by atoms with E-state index in [1.807, 2.05) is 37.3 Å². The minimum Gasteiger partial charge on any atom is -0.390 e. The number of aromatic nitrogens is 3. The summed E-state index contributed by atoms with van der Waals surface area (Å²) in [6.45, 7) is 4.26. The van der Waals surface area contributed by atoms with Gasteiger partial charge in [-0.3, -0.25) is 4.90 Å². The van der Waals surface area contributed by atoms with Crippen LogP contribution in [-0.2, 0) is 6.54 Å². The maximum atomic E-state index is 10.5. The number of benzene rings is 1. The van der Waals surface area contributed by atoms with Crippen LogP contribution in [0.15, 0.2) is 40.2 Å². The van der Waals surface area contributed by atoms with Gasteiger partial charge >= 0.3 is 0 Å². The molecule has 0 radical (unpaired) electrons. The zero-order valence-corrected chi connectivity index (χ0v) is 15.3. The normalized spacial score (nSPS) is 21.0. The Labute approximate surface area is 155 Å². The van der Waals surface area contributed by atoms with Gasteiger partial charge in [0.1, 0.15) is 0 Å². The van der Waals surface area contributed by atoms with Crippen molar-refractivity contribution in [3.05, 3.63) is 46.4 Å². The molecule has 1 aliphatic rings. The lowest BCUT2D eigenvalue weighted by Gasteiger charge is -2.35. The van der Waals surface area contributed by atoms with Crippen LogP contribution in [0.2, 0.25) is 0 Å². The number of likely N-dealkylation sites (tertiary alicyclic amines) is 1. The molecule has 136 valence electrons. The summed E-state index contributed by atoms with van der Waals surface area (Å²) in [7, 11) is 0. The first-order valence-corrected chi connectivity index (χ1v) is 9.52. The van der Waals surface area contributed by atoms with Gasteiger partial charge in [-0.05, 0) is 30.6 Å². The van der Waals surface area contributed by atoms with Crippen LogP contribution in [0.5, 0.6) is 0 Å². The van der Waals surface area contributed by atoms with E-state index in [1.165, 1.54) is 0 Å². The van der Waals surface area contributed by atoms with E-state index in [0.29, 0.717) is 18.4 Å². The van der Waals surface area contributed by atoms with Crippen LogP contribution < -0.4 is 5.32 Å². The van der Waals surface area contributed by atoms with Crippen LogP contribution in [-0.4, -0.2) is 50.4 Å². The fraction of sp³-hybridized carbons (Fsp3) is 0.389. The van der Waals surface area contributed by atoms with Gasteiger partial charge in [0.15, 0.2) is 0 Å². The van der Waals surface area contributed by atoms with Gasteiger partial charge in [0, 0.05) is 30.6 Å². The van der Waals surface area contributed by atoms with Crippen molar-refractivity contribution in [2.45, 2.75) is 32.0 Å². The molecule has 3 aromatic rings. The summed E-state index contributed by atoms with van der Waals surface area (Å²) in [5.74, 6) is 0.885. The van der Waals surface area contributed by atoms with Gasteiger partial charge in [-0.2, -0.15) is 4.98 Å². The molecular weight excluding hydrogens is 350 g/mol. The number of aliphatic hydroxyl groups excluding tert-OH is 1. The zero-order chi connectivity index (χ0) is 17.9. The number of nitrogens with zero attached hydrogens (tertiary/aromatic N) is 4. The molecule has 1 saturated heterocycles. The van der Waals surface area contributed by atoms with E-state index in [4.69, 9.17) is 4.52 Å². The molecule has 3 heterocycles. The molecule has 0 aliphatic carbocycles. The minimum atomic E-state index is -0.498. The Morgan fingerprint density at radius 2 is 2.15 bits per heavy atom. The van der Waals surface area contributed by atoms with Crippen molar-refractivity contribution >= 4 is 17.3 Å². The van der Waals surface area contributed by atoms with E-state index in [9.17, 15) is 5.11 Å². The first-order valence-electron chi connectivity index (χ1n) is 8.64. The smallest absolute Gasteiger partial charge is 0.264 e. The van der Waals surface area contributed by atoms with Crippen molar-refractivity contribution in [1.29, 1.82) is 0 Å². The molecule has 2 N–H and O–H groups in total. The first kappa shape index (κ1) is 17.1. The molecule has 0 unspecified atom stereocenters. The molecule has 26 heavy (non-hydrogen) atoms. The average molecular weight is 371 g/mol. The predicted molar refractivity (Wildman–Crippen MR) is 99.9 cm³/mol. The second kappa shape index (κ2) is 7.53. The van der Waals surface area contributed by atoms with Crippen molar-refractivity contribution in [3.8, 4) is 11.5 Å². The third-order valence-corrected chi connectivity index (χ3v) is 5.30. The number of rotatable bonds is 5. The van der Waals surface area contributed by atoms with Gasteiger partial charge in [0.2, 0.25) is 0 Å². The van der Waals surface area contributed by atoms with Crippen LogP contribution in [0.3, 0.4) is 0 Å². The highest BCUT2D eigenvalue weighted by atomic mass is 32.1. The molecule has 0 bridgehead atoms. The number of thiazole rings is 1. The lowest BCUT2D eigenvalue weighted by molar-refractivity contribution is 0.0553. The molecule has 1 aromatic carbocycles. The van der Waals surface area contributed by atoms with Crippen molar-refractivity contribution in [3.63, 3.8) is 0 Å². The molecular formula is C18H21N5O2S. The highest BCUT2D eigenvalue weighted by molar-refractivity contribution is 7.09. The van der Waals surface area contributed by atoms with Crippen LogP contribution in [0, 0.1) is 6.92 Å². The molecule has 7 nitrogen and oxygen atoms in total. The summed E-state index contributed by atoms with van der Waals surface area (Å²) in [5, 5.41) is 20.8. The summed E-state index contributed by atoms with van der Waals surface area (Å²) >= 11 is 1.66. The Morgan fingerprint density at radius 1 is 1.31 bits per heavy atom. The highest BCUT2D eigenvalue weighted by Crippen LogP contribution is 2.21. The second-order valence-electron chi connectivity index (χ2n) is 6.49. The third-order valence-electron chi connectivity index (χ3n) is 4.48. The van der Waals surface area contributed by atoms with Gasteiger partial charge in [-0.1, -0.05) is 18.2 Å². The molecule has 4 rings (SSSR count). The Hall–Kier alpha value is -2.29. The number of aryl methyl sites for hydroxylation is 1. The monoisotopic (exact) mass is 371 g/mol. The van der Waals surface area contributed by atoms with Crippen molar-refractivity contribution in [2.24, 2.45) is 0 Å². The largest absolute Gasteiger partial charge is 0.390 e. The van der Waals surface area contributed by atoms with E-state index < -0.39 is 6.10 Å². The fourth-order valence-electron chi connectivity index (χ4n) is 3.16. The maximum absolute atomic E-state index is 10.5. The molecule has 1 fully saturated rings. The van der Waals surface area contributed by atoms with Crippen molar-refractivity contribution < 1.29 is 9.63 Å². The highest BCUT2D eigenvalue weighted by Gasteiger charge is 2.29. The lowest BCUT2D eigenvalue weighted by atomic mass is 10.0. The SMILES string of the molecule is Cc1nc(CN2CC[C@@H](Nc3noc(-c4ccccc4)n3)[C@H](O)C2)cs1. The number of hydrogen-bond donors (Lipinski definition) is 2. The first-order chi connectivity index (χ1) is 12.7. The van der Waals surface area contributed by atoms with E-state index in [1.54, 1.807) is 11.3 Å². The van der Waals surface area contributed by atoms with Crippen LogP contribution in [0.1, 0.15) is 17.1 Å². The Kier molecular flexibility index (Phi) is 4.96. The van der Waals surface area contributed by atoms with Crippen LogP contribution >= 0.6 is 11.3 Å². The average Bonchev–Trinajstić information content (AvgIpc) is 3.27. The van der Waals surface area contributed by atoms with E-state index in [0.717, 1.165) is 35.8 Å². The number of piperidine rings is 1. The molecule has 8 heteroatoms. The quantitative estimate of drug-likeness (QED) is 0.713. The van der Waals surface area contributed by atoms with Crippen LogP contribution in [0.4, 0.5) is 5.95 Å². The number of β-amino-alcohol motifs (C(OH)–C–C–N with tert-alkyl or cyclic N) is 1. The van der Waals surface area contributed by atoms with Gasteiger partial charge < -0.3 is 14.9 Å². The standard InChI is InChI=1S/C18H21N5O2S/c1-12-19-14(11-26-12)9-23-8-7-15(16(24)10-23)20-18-21-17(25-22-18)13-5-3-2-4-6-13/h2-6,11,15-16,24H,7-10H2,1H3,(H,20,22)/t15-,16-/m1/s1. The summed E-state index contributed by atoms with van der Waals surface area (Å²) in [6.07, 6.45) is 0.307. The Bertz CT molecular complexity index is 850. The second-order valence-corrected chi connectivity index (χ2v) is 7.55. The fourth-order valence-corrected chi connectivity index (χ4v) is 3.77. The Morgan fingerprint density at radius 3 is 2.88 bits per heavy atom. The van der Waals surface area contributed by atoms with Gasteiger partial charge in [-0.15, -0.1) is 11.3 Å². The van der Waals surface area contributed by atoms with E-state index in [2.05, 4.69) is 30.7 Å². The van der Waals surface area contributed by atoms with Gasteiger partial charge in [0.25, 0.3) is 11.8 Å². The van der Waals surface area contributed by atoms with E-state index in [-0.39, 0.29) is 6.04 Å². The molecule has 0 spiro atoms. The molecule has 0 saturated carbocycles. The predicted octanol–water partition coefficient (Wildman–Crippen LogP) is 2.55. The molecule has 0 amide bonds. The summed E-state index contributed by atoms with van der Waals surface area (Å²) in [4.78, 5) is 11.1. The lowest BCUT2D eigenvalue weighted by Crippen LogP contribution is -2.49. The summed E-state index contributed by atoms with van der Waals surface area (Å²) in [5.41, 5.74) is 1.94.